The van der Waals surface area contributed by atoms with Gasteiger partial charge < -0.3 is 30.0 Å². The number of pyridine rings is 1. The largest absolute Gasteiger partial charge is 0.497 e. The first-order valence-corrected chi connectivity index (χ1v) is 12.3. The second-order valence-electron chi connectivity index (χ2n) is 9.10. The molecular formula is C26H36N6O3. The van der Waals surface area contributed by atoms with Crippen LogP contribution in [-0.4, -0.2) is 52.3 Å². The number of rotatable bonds is 8. The SMILES string of the molecule is CCOCc1nc2c(N)nc(C)c(C)c2n1CCC1CCN(C(=O)Nc2cccc(OC)c2)CC1. The average molecular weight is 481 g/mol. The summed E-state index contributed by atoms with van der Waals surface area (Å²) in [4.78, 5) is 23.9. The quantitative estimate of drug-likeness (QED) is 0.491. The molecule has 2 aromatic heterocycles. The normalized spacial score (nSPS) is 14.5. The minimum absolute atomic E-state index is 0.0645. The molecule has 9 nitrogen and oxygen atoms in total. The first-order valence-electron chi connectivity index (χ1n) is 12.3. The van der Waals surface area contributed by atoms with Crippen molar-refractivity contribution in [2.75, 3.05) is 37.9 Å². The third-order valence-corrected chi connectivity index (χ3v) is 6.89. The molecule has 1 aliphatic heterocycles. The number of amides is 2. The highest BCUT2D eigenvalue weighted by molar-refractivity contribution is 5.90. The Morgan fingerprint density at radius 3 is 2.71 bits per heavy atom. The Kier molecular flexibility index (Phi) is 7.75. The molecule has 4 rings (SSSR count). The van der Waals surface area contributed by atoms with Gasteiger partial charge in [-0.1, -0.05) is 6.07 Å². The van der Waals surface area contributed by atoms with Crippen molar-refractivity contribution < 1.29 is 14.3 Å². The summed E-state index contributed by atoms with van der Waals surface area (Å²) in [5.41, 5.74) is 10.8. The zero-order valence-electron chi connectivity index (χ0n) is 21.1. The lowest BCUT2D eigenvalue weighted by Crippen LogP contribution is -2.41. The van der Waals surface area contributed by atoms with Gasteiger partial charge in [-0.3, -0.25) is 0 Å². The number of benzene rings is 1. The van der Waals surface area contributed by atoms with E-state index in [9.17, 15) is 4.79 Å². The maximum absolute atomic E-state index is 12.7. The molecule has 1 fully saturated rings. The lowest BCUT2D eigenvalue weighted by atomic mass is 9.93. The van der Waals surface area contributed by atoms with E-state index in [0.29, 0.717) is 24.9 Å². The zero-order valence-corrected chi connectivity index (χ0v) is 21.1. The topological polar surface area (TPSA) is 108 Å². The van der Waals surface area contributed by atoms with E-state index >= 15 is 0 Å². The summed E-state index contributed by atoms with van der Waals surface area (Å²) in [6.45, 7) is 9.44. The van der Waals surface area contributed by atoms with E-state index in [-0.39, 0.29) is 6.03 Å². The minimum atomic E-state index is -0.0645. The predicted octanol–water partition coefficient (Wildman–Crippen LogP) is 4.51. The Balaban J connectivity index is 1.39. The number of aromatic nitrogens is 3. The van der Waals surface area contributed by atoms with Gasteiger partial charge in [-0.15, -0.1) is 0 Å². The summed E-state index contributed by atoms with van der Waals surface area (Å²) in [7, 11) is 1.62. The number of hydrogen-bond acceptors (Lipinski definition) is 6. The molecule has 0 aliphatic carbocycles. The predicted molar refractivity (Wildman–Crippen MR) is 138 cm³/mol. The Morgan fingerprint density at radius 2 is 2.00 bits per heavy atom. The standard InChI is InChI=1S/C26H36N6O3/c1-5-35-16-22-30-23-24(17(2)18(3)28-25(23)27)32(22)14-11-19-9-12-31(13-10-19)26(33)29-20-7-6-8-21(15-20)34-4/h6-8,15,19H,5,9-14,16H2,1-4H3,(H2,27,28)(H,29,33). The smallest absolute Gasteiger partial charge is 0.321 e. The molecule has 1 aromatic carbocycles. The molecule has 0 bridgehead atoms. The van der Waals surface area contributed by atoms with Crippen molar-refractivity contribution >= 4 is 28.6 Å². The number of aryl methyl sites for hydroxylation is 3. The second kappa shape index (κ2) is 10.9. The molecule has 1 saturated heterocycles. The van der Waals surface area contributed by atoms with Gasteiger partial charge in [0.1, 0.15) is 23.7 Å². The average Bonchev–Trinajstić information content (AvgIpc) is 3.24. The van der Waals surface area contributed by atoms with Crippen molar-refractivity contribution in [2.45, 2.75) is 53.2 Å². The molecule has 35 heavy (non-hydrogen) atoms. The number of anilines is 2. The van der Waals surface area contributed by atoms with E-state index in [2.05, 4.69) is 21.8 Å². The molecule has 1 aliphatic rings. The van der Waals surface area contributed by atoms with Gasteiger partial charge in [0.2, 0.25) is 0 Å². The molecule has 0 spiro atoms. The van der Waals surface area contributed by atoms with Gasteiger partial charge in [0, 0.05) is 43.7 Å². The van der Waals surface area contributed by atoms with Crippen LogP contribution < -0.4 is 15.8 Å². The molecule has 0 saturated carbocycles. The number of nitrogens with two attached hydrogens (primary N) is 1. The number of piperidine rings is 1. The fourth-order valence-corrected chi connectivity index (χ4v) is 4.73. The van der Waals surface area contributed by atoms with E-state index in [4.69, 9.17) is 20.2 Å². The molecular weight excluding hydrogens is 444 g/mol. The van der Waals surface area contributed by atoms with Crippen molar-refractivity contribution in [3.63, 3.8) is 0 Å². The van der Waals surface area contributed by atoms with Crippen molar-refractivity contribution in [1.29, 1.82) is 0 Å². The summed E-state index contributed by atoms with van der Waals surface area (Å²) in [5, 5.41) is 2.98. The monoisotopic (exact) mass is 480 g/mol. The van der Waals surface area contributed by atoms with Crippen LogP contribution in [0, 0.1) is 19.8 Å². The van der Waals surface area contributed by atoms with Crippen LogP contribution in [0.1, 0.15) is 43.3 Å². The fourth-order valence-electron chi connectivity index (χ4n) is 4.73. The van der Waals surface area contributed by atoms with E-state index in [1.807, 2.05) is 43.0 Å². The number of hydrogen-bond donors (Lipinski definition) is 2. The number of likely N-dealkylation sites (tertiary alicyclic amines) is 1. The molecule has 0 radical (unpaired) electrons. The maximum atomic E-state index is 12.7. The number of carbonyl (C=O) groups is 1. The van der Waals surface area contributed by atoms with Crippen LogP contribution in [0.3, 0.4) is 0 Å². The molecule has 2 amide bonds. The fraction of sp³-hybridized carbons (Fsp3) is 0.500. The van der Waals surface area contributed by atoms with Crippen LogP contribution in [0.25, 0.3) is 11.0 Å². The van der Waals surface area contributed by atoms with Crippen LogP contribution in [-0.2, 0) is 17.9 Å². The summed E-state index contributed by atoms with van der Waals surface area (Å²) in [6, 6.07) is 7.36. The first kappa shape index (κ1) is 24.8. The number of nitrogen functional groups attached to an aromatic ring is 1. The van der Waals surface area contributed by atoms with Gasteiger partial charge in [-0.25, -0.2) is 14.8 Å². The molecule has 0 unspecified atom stereocenters. The van der Waals surface area contributed by atoms with Gasteiger partial charge in [-0.2, -0.15) is 0 Å². The van der Waals surface area contributed by atoms with Gasteiger partial charge in [0.15, 0.2) is 5.82 Å². The maximum Gasteiger partial charge on any atom is 0.321 e. The van der Waals surface area contributed by atoms with Gasteiger partial charge in [0.25, 0.3) is 0 Å². The van der Waals surface area contributed by atoms with Crippen molar-refractivity contribution in [2.24, 2.45) is 5.92 Å². The third kappa shape index (κ3) is 5.51. The van der Waals surface area contributed by atoms with E-state index < -0.39 is 0 Å². The molecule has 3 heterocycles. The second-order valence-corrected chi connectivity index (χ2v) is 9.10. The van der Waals surface area contributed by atoms with E-state index in [0.717, 1.165) is 78.4 Å². The molecule has 3 N–H and O–H groups in total. The number of carbonyl (C=O) groups excluding carboxylic acids is 1. The number of fused-ring (bicyclic) bond motifs is 1. The molecule has 188 valence electrons. The Labute approximate surface area is 206 Å². The third-order valence-electron chi connectivity index (χ3n) is 6.89. The van der Waals surface area contributed by atoms with Gasteiger partial charge >= 0.3 is 6.03 Å². The highest BCUT2D eigenvalue weighted by Crippen LogP contribution is 2.29. The Hall–Kier alpha value is -3.33. The molecule has 9 heteroatoms. The number of urea groups is 1. The van der Waals surface area contributed by atoms with Gasteiger partial charge in [0.05, 0.1) is 12.6 Å². The highest BCUT2D eigenvalue weighted by Gasteiger charge is 2.24. The van der Waals surface area contributed by atoms with Crippen molar-refractivity contribution in [1.82, 2.24) is 19.4 Å². The summed E-state index contributed by atoms with van der Waals surface area (Å²) < 4.78 is 13.2. The first-order chi connectivity index (χ1) is 16.9. The Bertz CT molecular complexity index is 1180. The van der Waals surface area contributed by atoms with Gasteiger partial charge in [-0.05, 0) is 63.6 Å². The number of ether oxygens (including phenoxy) is 2. The van der Waals surface area contributed by atoms with Crippen LogP contribution in [0.4, 0.5) is 16.3 Å². The number of imidazole rings is 1. The van der Waals surface area contributed by atoms with Crippen LogP contribution in [0.2, 0.25) is 0 Å². The number of nitrogens with one attached hydrogen (secondary N) is 1. The number of methoxy groups -OCH3 is 1. The summed E-state index contributed by atoms with van der Waals surface area (Å²) >= 11 is 0. The summed E-state index contributed by atoms with van der Waals surface area (Å²) in [5.74, 6) is 2.61. The van der Waals surface area contributed by atoms with Crippen molar-refractivity contribution in [3.8, 4) is 5.75 Å². The van der Waals surface area contributed by atoms with Crippen LogP contribution in [0.15, 0.2) is 24.3 Å². The lowest BCUT2D eigenvalue weighted by Gasteiger charge is -2.32. The van der Waals surface area contributed by atoms with Crippen LogP contribution >= 0.6 is 0 Å². The molecule has 0 atom stereocenters. The Morgan fingerprint density at radius 1 is 1.23 bits per heavy atom. The van der Waals surface area contributed by atoms with E-state index in [1.54, 1.807) is 7.11 Å². The van der Waals surface area contributed by atoms with Crippen LogP contribution in [0.5, 0.6) is 5.75 Å². The lowest BCUT2D eigenvalue weighted by molar-refractivity contribution is 0.125. The minimum Gasteiger partial charge on any atom is -0.497 e. The van der Waals surface area contributed by atoms with Crippen molar-refractivity contribution in [3.05, 3.63) is 41.3 Å². The molecule has 3 aromatic rings. The highest BCUT2D eigenvalue weighted by atomic mass is 16.5. The number of nitrogens with zero attached hydrogens (tertiary/aromatic N) is 4. The van der Waals surface area contributed by atoms with E-state index in [1.165, 1.54) is 0 Å². The zero-order chi connectivity index (χ0) is 24.9. The summed E-state index contributed by atoms with van der Waals surface area (Å²) in [6.07, 6.45) is 2.96.